The molecule has 0 amide bonds. The second-order valence-corrected chi connectivity index (χ2v) is 8.39. The molecule has 3 nitrogen and oxygen atoms in total. The predicted octanol–water partition coefficient (Wildman–Crippen LogP) is 3.35. The highest BCUT2D eigenvalue weighted by molar-refractivity contribution is 8.07. The fraction of sp³-hybridized carbons (Fsp3) is 0.769. The molecule has 0 aliphatic carbocycles. The van der Waals surface area contributed by atoms with Crippen molar-refractivity contribution >= 4 is 35.1 Å². The van der Waals surface area contributed by atoms with Crippen LogP contribution >= 0.6 is 35.1 Å². The Morgan fingerprint density at radius 1 is 1.53 bits per heavy atom. The van der Waals surface area contributed by atoms with Crippen LogP contribution in [0.4, 0.5) is 0 Å². The summed E-state index contributed by atoms with van der Waals surface area (Å²) in [5.41, 5.74) is 1.11. The van der Waals surface area contributed by atoms with Crippen LogP contribution in [0, 0.1) is 0 Å². The Hall–Kier alpha value is 0.160. The van der Waals surface area contributed by atoms with Crippen molar-refractivity contribution in [2.24, 2.45) is 7.05 Å². The second-order valence-electron chi connectivity index (χ2n) is 4.95. The lowest BCUT2D eigenvalue weighted by molar-refractivity contribution is 0.507. The van der Waals surface area contributed by atoms with E-state index in [0.717, 1.165) is 28.3 Å². The Morgan fingerprint density at radius 2 is 2.26 bits per heavy atom. The van der Waals surface area contributed by atoms with Crippen molar-refractivity contribution in [2.75, 3.05) is 12.3 Å². The number of hydrogen-bond acceptors (Lipinski definition) is 4. The van der Waals surface area contributed by atoms with Gasteiger partial charge in [0.15, 0.2) is 0 Å². The van der Waals surface area contributed by atoms with Gasteiger partial charge in [-0.25, -0.2) is 0 Å². The van der Waals surface area contributed by atoms with Crippen molar-refractivity contribution in [3.63, 3.8) is 0 Å². The predicted molar refractivity (Wildman–Crippen MR) is 87.4 cm³/mol. The SMILES string of the molecule is CCNC(c1c(Cl)cnn1C)C1CSC(C)C(C)S1. The van der Waals surface area contributed by atoms with Crippen LogP contribution in [0.15, 0.2) is 6.20 Å². The van der Waals surface area contributed by atoms with Gasteiger partial charge in [0.25, 0.3) is 0 Å². The quantitative estimate of drug-likeness (QED) is 0.921. The molecule has 0 spiro atoms. The monoisotopic (exact) mass is 319 g/mol. The van der Waals surface area contributed by atoms with Gasteiger partial charge < -0.3 is 5.32 Å². The fourth-order valence-corrected chi connectivity index (χ4v) is 5.75. The highest BCUT2D eigenvalue weighted by Gasteiger charge is 2.34. The first kappa shape index (κ1) is 15.5. The second kappa shape index (κ2) is 6.74. The molecule has 1 aromatic rings. The maximum atomic E-state index is 6.32. The lowest BCUT2D eigenvalue weighted by Gasteiger charge is -2.36. The van der Waals surface area contributed by atoms with Gasteiger partial charge in [0.05, 0.1) is 23.0 Å². The average molecular weight is 320 g/mol. The summed E-state index contributed by atoms with van der Waals surface area (Å²) in [6.07, 6.45) is 1.74. The van der Waals surface area contributed by atoms with Crippen molar-refractivity contribution in [3.8, 4) is 0 Å². The molecule has 1 aliphatic rings. The molecule has 108 valence electrons. The zero-order valence-electron chi connectivity index (χ0n) is 11.9. The highest BCUT2D eigenvalue weighted by Crippen LogP contribution is 2.42. The number of rotatable bonds is 4. The largest absolute Gasteiger partial charge is 0.308 e. The maximum Gasteiger partial charge on any atom is 0.0834 e. The Kier molecular flexibility index (Phi) is 5.52. The van der Waals surface area contributed by atoms with E-state index in [4.69, 9.17) is 11.6 Å². The third-order valence-corrected chi connectivity index (χ3v) is 7.39. The van der Waals surface area contributed by atoms with Crippen LogP contribution in [0.5, 0.6) is 0 Å². The van der Waals surface area contributed by atoms with Gasteiger partial charge in [-0.2, -0.15) is 28.6 Å². The van der Waals surface area contributed by atoms with E-state index in [2.05, 4.69) is 54.7 Å². The van der Waals surface area contributed by atoms with Crippen LogP contribution in [0.3, 0.4) is 0 Å². The molecule has 0 radical (unpaired) electrons. The maximum absolute atomic E-state index is 6.32. The summed E-state index contributed by atoms with van der Waals surface area (Å²) in [7, 11) is 1.97. The first-order valence-corrected chi connectivity index (χ1v) is 9.09. The molecule has 1 fully saturated rings. The molecule has 2 heterocycles. The summed E-state index contributed by atoms with van der Waals surface area (Å²) in [5.74, 6) is 1.16. The van der Waals surface area contributed by atoms with Gasteiger partial charge in [0.1, 0.15) is 0 Å². The Morgan fingerprint density at radius 3 is 2.79 bits per heavy atom. The summed E-state index contributed by atoms with van der Waals surface area (Å²) in [5, 5.41) is 10.6. The molecule has 1 aliphatic heterocycles. The summed E-state index contributed by atoms with van der Waals surface area (Å²) in [6.45, 7) is 7.72. The van der Waals surface area contributed by atoms with Gasteiger partial charge in [-0.05, 0) is 6.54 Å². The molecule has 6 heteroatoms. The minimum Gasteiger partial charge on any atom is -0.308 e. The van der Waals surface area contributed by atoms with E-state index >= 15 is 0 Å². The van der Waals surface area contributed by atoms with E-state index in [9.17, 15) is 0 Å². The highest BCUT2D eigenvalue weighted by atomic mass is 35.5. The normalized spacial score (nSPS) is 29.4. The average Bonchev–Trinajstić information content (AvgIpc) is 2.70. The zero-order valence-corrected chi connectivity index (χ0v) is 14.3. The van der Waals surface area contributed by atoms with Crippen LogP contribution in [0.2, 0.25) is 5.02 Å². The molecule has 1 N–H and O–H groups in total. The topological polar surface area (TPSA) is 29.9 Å². The van der Waals surface area contributed by atoms with Gasteiger partial charge in [-0.1, -0.05) is 32.4 Å². The smallest absolute Gasteiger partial charge is 0.0834 e. The molecule has 1 saturated heterocycles. The third kappa shape index (κ3) is 3.43. The van der Waals surface area contributed by atoms with Crippen molar-refractivity contribution in [1.82, 2.24) is 15.1 Å². The van der Waals surface area contributed by atoms with Crippen LogP contribution in [-0.4, -0.2) is 37.8 Å². The Balaban J connectivity index is 2.21. The standard InChI is InChI=1S/C13H22ClN3S2/c1-5-15-12(13-10(14)6-16-17(13)4)11-7-18-8(2)9(3)19-11/h6,8-9,11-12,15H,5,7H2,1-4H3. The molecular formula is C13H22ClN3S2. The van der Waals surface area contributed by atoms with Crippen LogP contribution in [-0.2, 0) is 7.05 Å². The number of nitrogens with zero attached hydrogens (tertiary/aromatic N) is 2. The molecule has 0 aromatic carbocycles. The van der Waals surface area contributed by atoms with Crippen LogP contribution < -0.4 is 5.32 Å². The first-order valence-electron chi connectivity index (χ1n) is 6.72. The van der Waals surface area contributed by atoms with Crippen LogP contribution in [0.25, 0.3) is 0 Å². The van der Waals surface area contributed by atoms with E-state index < -0.39 is 0 Å². The molecule has 0 saturated carbocycles. The lowest BCUT2D eigenvalue weighted by atomic mass is 10.1. The van der Waals surface area contributed by atoms with Crippen molar-refractivity contribution in [3.05, 3.63) is 16.9 Å². The third-order valence-electron chi connectivity index (χ3n) is 3.60. The van der Waals surface area contributed by atoms with Crippen molar-refractivity contribution in [1.29, 1.82) is 0 Å². The van der Waals surface area contributed by atoms with Gasteiger partial charge in [0.2, 0.25) is 0 Å². The number of aromatic nitrogens is 2. The van der Waals surface area contributed by atoms with Gasteiger partial charge in [-0.3, -0.25) is 4.68 Å². The van der Waals surface area contributed by atoms with E-state index in [1.807, 2.05) is 11.7 Å². The molecule has 4 atom stereocenters. The summed E-state index contributed by atoms with van der Waals surface area (Å²) in [6, 6.07) is 0.275. The van der Waals surface area contributed by atoms with Crippen LogP contribution in [0.1, 0.15) is 32.5 Å². The molecule has 0 bridgehead atoms. The van der Waals surface area contributed by atoms with E-state index in [1.165, 1.54) is 0 Å². The van der Waals surface area contributed by atoms with E-state index in [-0.39, 0.29) is 6.04 Å². The number of thioether (sulfide) groups is 2. The summed E-state index contributed by atoms with van der Waals surface area (Å²) in [4.78, 5) is 0. The summed E-state index contributed by atoms with van der Waals surface area (Å²) >= 11 is 10.5. The molecule has 1 aromatic heterocycles. The molecule has 2 rings (SSSR count). The van der Waals surface area contributed by atoms with Gasteiger partial charge >= 0.3 is 0 Å². The van der Waals surface area contributed by atoms with Crippen molar-refractivity contribution < 1.29 is 0 Å². The summed E-state index contributed by atoms with van der Waals surface area (Å²) < 4.78 is 1.91. The number of halogens is 1. The minimum absolute atomic E-state index is 0.275. The fourth-order valence-electron chi connectivity index (χ4n) is 2.38. The van der Waals surface area contributed by atoms with Gasteiger partial charge in [-0.15, -0.1) is 0 Å². The Bertz CT molecular complexity index is 405. The van der Waals surface area contributed by atoms with E-state index in [1.54, 1.807) is 6.20 Å². The minimum atomic E-state index is 0.275. The zero-order chi connectivity index (χ0) is 14.0. The van der Waals surface area contributed by atoms with Gasteiger partial charge in [0, 0.05) is 28.6 Å². The number of nitrogens with one attached hydrogen (secondary N) is 1. The Labute approximate surface area is 129 Å². The number of hydrogen-bond donors (Lipinski definition) is 1. The lowest BCUT2D eigenvalue weighted by Crippen LogP contribution is -2.38. The number of aryl methyl sites for hydroxylation is 1. The molecule has 19 heavy (non-hydrogen) atoms. The first-order chi connectivity index (χ1) is 9.04. The molecule has 4 unspecified atom stereocenters. The van der Waals surface area contributed by atoms with E-state index in [0.29, 0.717) is 10.5 Å². The van der Waals surface area contributed by atoms with Crippen molar-refractivity contribution in [2.45, 2.75) is 42.6 Å². The molecular weight excluding hydrogens is 298 g/mol.